The van der Waals surface area contributed by atoms with Gasteiger partial charge in [-0.05, 0) is 25.6 Å². The average molecular weight is 274 g/mol. The SMILES string of the molecule is CCC1COCCN1c1nc2ccccn2c1CNC. The van der Waals surface area contributed by atoms with Crippen LogP contribution < -0.4 is 10.2 Å². The average Bonchev–Trinajstić information content (AvgIpc) is 2.86. The van der Waals surface area contributed by atoms with Gasteiger partial charge < -0.3 is 19.4 Å². The molecule has 5 nitrogen and oxygen atoms in total. The Balaban J connectivity index is 2.06. The van der Waals surface area contributed by atoms with E-state index in [1.54, 1.807) is 0 Å². The van der Waals surface area contributed by atoms with E-state index >= 15 is 0 Å². The first-order chi connectivity index (χ1) is 9.85. The number of ether oxygens (including phenoxy) is 1. The summed E-state index contributed by atoms with van der Waals surface area (Å²) in [4.78, 5) is 7.25. The van der Waals surface area contributed by atoms with Crippen LogP contribution in [0.3, 0.4) is 0 Å². The van der Waals surface area contributed by atoms with E-state index in [0.29, 0.717) is 6.04 Å². The highest BCUT2D eigenvalue weighted by molar-refractivity contribution is 5.56. The van der Waals surface area contributed by atoms with Crippen molar-refractivity contribution in [1.82, 2.24) is 14.7 Å². The lowest BCUT2D eigenvalue weighted by Gasteiger charge is -2.36. The van der Waals surface area contributed by atoms with Gasteiger partial charge in [0.25, 0.3) is 0 Å². The molecule has 3 rings (SSSR count). The van der Waals surface area contributed by atoms with Crippen molar-refractivity contribution in [3.63, 3.8) is 0 Å². The molecule has 1 fully saturated rings. The van der Waals surface area contributed by atoms with Crippen LogP contribution in [0.15, 0.2) is 24.4 Å². The molecule has 0 spiro atoms. The van der Waals surface area contributed by atoms with E-state index in [1.807, 2.05) is 19.2 Å². The summed E-state index contributed by atoms with van der Waals surface area (Å²) in [6.07, 6.45) is 3.16. The number of nitrogens with zero attached hydrogens (tertiary/aromatic N) is 3. The molecule has 20 heavy (non-hydrogen) atoms. The van der Waals surface area contributed by atoms with Crippen LogP contribution in [-0.2, 0) is 11.3 Å². The molecule has 1 atom stereocenters. The van der Waals surface area contributed by atoms with Gasteiger partial charge in [0.15, 0.2) is 5.82 Å². The van der Waals surface area contributed by atoms with E-state index in [0.717, 1.165) is 44.2 Å². The van der Waals surface area contributed by atoms with Crippen LogP contribution in [0, 0.1) is 0 Å². The van der Waals surface area contributed by atoms with Crippen molar-refractivity contribution < 1.29 is 4.74 Å². The Hall–Kier alpha value is -1.59. The van der Waals surface area contributed by atoms with E-state index in [2.05, 4.69) is 33.8 Å². The lowest BCUT2D eigenvalue weighted by Crippen LogP contribution is -2.46. The van der Waals surface area contributed by atoms with Gasteiger partial charge in [0.1, 0.15) is 5.65 Å². The Morgan fingerprint density at radius 3 is 3.15 bits per heavy atom. The number of pyridine rings is 1. The Kier molecular flexibility index (Phi) is 3.89. The second-order valence-corrected chi connectivity index (χ2v) is 5.17. The van der Waals surface area contributed by atoms with Gasteiger partial charge in [-0.25, -0.2) is 4.98 Å². The van der Waals surface area contributed by atoms with Gasteiger partial charge in [0, 0.05) is 19.3 Å². The first kappa shape index (κ1) is 13.4. The summed E-state index contributed by atoms with van der Waals surface area (Å²) in [5.41, 5.74) is 2.23. The number of nitrogens with one attached hydrogen (secondary N) is 1. The fourth-order valence-corrected chi connectivity index (χ4v) is 2.87. The molecule has 5 heteroatoms. The van der Waals surface area contributed by atoms with Gasteiger partial charge >= 0.3 is 0 Å². The minimum Gasteiger partial charge on any atom is -0.377 e. The molecule has 108 valence electrons. The van der Waals surface area contributed by atoms with Crippen LogP contribution in [0.4, 0.5) is 5.82 Å². The summed E-state index contributed by atoms with van der Waals surface area (Å²) in [6.45, 7) is 5.51. The highest BCUT2D eigenvalue weighted by Crippen LogP contribution is 2.26. The monoisotopic (exact) mass is 274 g/mol. The summed E-state index contributed by atoms with van der Waals surface area (Å²) in [5, 5.41) is 3.26. The van der Waals surface area contributed by atoms with Gasteiger partial charge in [-0.1, -0.05) is 13.0 Å². The van der Waals surface area contributed by atoms with Crippen LogP contribution in [-0.4, -0.2) is 42.2 Å². The molecule has 0 aliphatic carbocycles. The molecule has 1 unspecified atom stereocenters. The molecular formula is C15H22N4O. The van der Waals surface area contributed by atoms with Gasteiger partial charge in [0.05, 0.1) is 24.9 Å². The van der Waals surface area contributed by atoms with Crippen molar-refractivity contribution in [3.05, 3.63) is 30.1 Å². The van der Waals surface area contributed by atoms with Crippen molar-refractivity contribution in [2.24, 2.45) is 0 Å². The summed E-state index contributed by atoms with van der Waals surface area (Å²) >= 11 is 0. The smallest absolute Gasteiger partial charge is 0.152 e. The molecule has 1 aliphatic rings. The number of anilines is 1. The van der Waals surface area contributed by atoms with Gasteiger partial charge in [-0.3, -0.25) is 0 Å². The molecule has 1 aliphatic heterocycles. The van der Waals surface area contributed by atoms with Crippen LogP contribution >= 0.6 is 0 Å². The number of rotatable bonds is 4. The predicted octanol–water partition coefficient (Wildman–Crippen LogP) is 1.67. The number of morpholine rings is 1. The molecule has 0 saturated carbocycles. The summed E-state index contributed by atoms with van der Waals surface area (Å²) in [5.74, 6) is 1.10. The molecule has 2 aromatic heterocycles. The summed E-state index contributed by atoms with van der Waals surface area (Å²) < 4.78 is 7.78. The van der Waals surface area contributed by atoms with Crippen molar-refractivity contribution in [3.8, 4) is 0 Å². The molecule has 1 saturated heterocycles. The summed E-state index contributed by atoms with van der Waals surface area (Å²) in [7, 11) is 1.97. The topological polar surface area (TPSA) is 41.8 Å². The Morgan fingerprint density at radius 1 is 1.45 bits per heavy atom. The third kappa shape index (κ3) is 2.27. The van der Waals surface area contributed by atoms with Crippen molar-refractivity contribution in [2.75, 3.05) is 31.7 Å². The normalized spacial score (nSPS) is 19.7. The van der Waals surface area contributed by atoms with Crippen LogP contribution in [0.1, 0.15) is 19.0 Å². The van der Waals surface area contributed by atoms with Crippen molar-refractivity contribution >= 4 is 11.5 Å². The van der Waals surface area contributed by atoms with E-state index in [4.69, 9.17) is 9.72 Å². The first-order valence-electron chi connectivity index (χ1n) is 7.30. The van der Waals surface area contributed by atoms with Crippen LogP contribution in [0.2, 0.25) is 0 Å². The largest absolute Gasteiger partial charge is 0.377 e. The number of aromatic nitrogens is 2. The zero-order valence-electron chi connectivity index (χ0n) is 12.2. The molecule has 2 aromatic rings. The predicted molar refractivity (Wildman–Crippen MR) is 80.2 cm³/mol. The minimum atomic E-state index is 0.421. The lowest BCUT2D eigenvalue weighted by molar-refractivity contribution is 0.0925. The highest BCUT2D eigenvalue weighted by atomic mass is 16.5. The molecule has 1 N–H and O–H groups in total. The summed E-state index contributed by atoms with van der Waals surface area (Å²) in [6, 6.07) is 6.56. The third-order valence-electron chi connectivity index (χ3n) is 3.92. The lowest BCUT2D eigenvalue weighted by atomic mass is 10.1. The maximum Gasteiger partial charge on any atom is 0.152 e. The van der Waals surface area contributed by atoms with E-state index in [-0.39, 0.29) is 0 Å². The Labute approximate surface area is 119 Å². The van der Waals surface area contributed by atoms with Gasteiger partial charge in [-0.15, -0.1) is 0 Å². The molecule has 3 heterocycles. The fraction of sp³-hybridized carbons (Fsp3) is 0.533. The number of hydrogen-bond acceptors (Lipinski definition) is 4. The zero-order chi connectivity index (χ0) is 13.9. The second kappa shape index (κ2) is 5.81. The van der Waals surface area contributed by atoms with Crippen molar-refractivity contribution in [1.29, 1.82) is 0 Å². The third-order valence-corrected chi connectivity index (χ3v) is 3.92. The van der Waals surface area contributed by atoms with Crippen LogP contribution in [0.5, 0.6) is 0 Å². The maximum atomic E-state index is 5.61. The van der Waals surface area contributed by atoms with Gasteiger partial charge in [0.2, 0.25) is 0 Å². The zero-order valence-corrected chi connectivity index (χ0v) is 12.2. The molecular weight excluding hydrogens is 252 g/mol. The quantitative estimate of drug-likeness (QED) is 0.921. The molecule has 0 amide bonds. The maximum absolute atomic E-state index is 5.61. The van der Waals surface area contributed by atoms with E-state index in [1.165, 1.54) is 5.69 Å². The first-order valence-corrected chi connectivity index (χ1v) is 7.30. The number of hydrogen-bond donors (Lipinski definition) is 1. The van der Waals surface area contributed by atoms with Crippen LogP contribution in [0.25, 0.3) is 5.65 Å². The second-order valence-electron chi connectivity index (χ2n) is 5.17. The Bertz CT molecular complexity index is 580. The van der Waals surface area contributed by atoms with Gasteiger partial charge in [-0.2, -0.15) is 0 Å². The molecule has 0 bridgehead atoms. The molecule has 0 radical (unpaired) electrons. The fourth-order valence-electron chi connectivity index (χ4n) is 2.87. The molecule has 0 aromatic carbocycles. The van der Waals surface area contributed by atoms with E-state index < -0.39 is 0 Å². The highest BCUT2D eigenvalue weighted by Gasteiger charge is 2.26. The number of imidazole rings is 1. The number of fused-ring (bicyclic) bond motifs is 1. The Morgan fingerprint density at radius 2 is 2.35 bits per heavy atom. The minimum absolute atomic E-state index is 0.421. The van der Waals surface area contributed by atoms with Crippen molar-refractivity contribution in [2.45, 2.75) is 25.9 Å². The standard InChI is InChI=1S/C15H22N4O/c1-3-12-11-20-9-8-18(12)15-13(10-16-2)19-7-5-4-6-14(19)17-15/h4-7,12,16H,3,8-11H2,1-2H3. The van der Waals surface area contributed by atoms with E-state index in [9.17, 15) is 0 Å².